The molecule has 7 nitrogen and oxygen atoms in total. The summed E-state index contributed by atoms with van der Waals surface area (Å²) in [4.78, 5) is 14.9. The van der Waals surface area contributed by atoms with E-state index in [1.807, 2.05) is 24.3 Å². The van der Waals surface area contributed by atoms with Crippen LogP contribution in [0.2, 0.25) is 0 Å². The number of benzene rings is 2. The Morgan fingerprint density at radius 3 is 2.77 bits per heavy atom. The minimum absolute atomic E-state index is 0.0635. The summed E-state index contributed by atoms with van der Waals surface area (Å²) in [6.07, 6.45) is 0. The zero-order chi connectivity index (χ0) is 18.5. The molecule has 3 aromatic rings. The van der Waals surface area contributed by atoms with Gasteiger partial charge in [0, 0.05) is 31.2 Å². The third-order valence-corrected chi connectivity index (χ3v) is 3.90. The third kappa shape index (κ3) is 3.77. The topological polar surface area (TPSA) is 101 Å². The van der Waals surface area contributed by atoms with Gasteiger partial charge in [0.2, 0.25) is 0 Å². The number of methoxy groups -OCH3 is 1. The van der Waals surface area contributed by atoms with Gasteiger partial charge in [0.05, 0.1) is 28.7 Å². The van der Waals surface area contributed by atoms with Crippen molar-refractivity contribution in [2.45, 2.75) is 13.2 Å². The zero-order valence-electron chi connectivity index (χ0n) is 14.1. The van der Waals surface area contributed by atoms with Crippen molar-refractivity contribution in [1.82, 2.24) is 4.98 Å². The van der Waals surface area contributed by atoms with E-state index in [0.717, 1.165) is 11.1 Å². The Hall–Kier alpha value is -3.50. The molecule has 0 aliphatic heterocycles. The number of hydrogen-bond acceptors (Lipinski definition) is 6. The summed E-state index contributed by atoms with van der Waals surface area (Å²) in [5, 5.41) is 24.0. The van der Waals surface area contributed by atoms with Crippen molar-refractivity contribution >= 4 is 22.4 Å². The van der Waals surface area contributed by atoms with E-state index in [4.69, 9.17) is 4.74 Å². The first-order valence-corrected chi connectivity index (χ1v) is 7.90. The summed E-state index contributed by atoms with van der Waals surface area (Å²) in [5.41, 5.74) is 2.94. The van der Waals surface area contributed by atoms with Crippen LogP contribution in [0.4, 0.5) is 11.5 Å². The van der Waals surface area contributed by atoms with Crippen molar-refractivity contribution in [3.63, 3.8) is 0 Å². The Balaban J connectivity index is 1.87. The molecule has 0 saturated carbocycles. The quantitative estimate of drug-likeness (QED) is 0.537. The maximum absolute atomic E-state index is 10.9. The van der Waals surface area contributed by atoms with E-state index in [2.05, 4.69) is 16.4 Å². The molecule has 7 heteroatoms. The van der Waals surface area contributed by atoms with Gasteiger partial charge >= 0.3 is 0 Å². The minimum atomic E-state index is -0.486. The standard InChI is InChI=1S/C19H16N4O3/c1-26-12-14-4-2-3-13(7-14)11-21-19-8-15(10-20)17-9-16(23(24)25)5-6-18(17)22-19/h2-9H,11-12H2,1H3,(H,21,22). The number of anilines is 1. The van der Waals surface area contributed by atoms with Crippen molar-refractivity contribution in [2.24, 2.45) is 0 Å². The maximum Gasteiger partial charge on any atom is 0.270 e. The summed E-state index contributed by atoms with van der Waals surface area (Å²) in [6.45, 7) is 1.08. The van der Waals surface area contributed by atoms with E-state index in [1.54, 1.807) is 19.2 Å². The second-order valence-electron chi connectivity index (χ2n) is 5.73. The second-order valence-corrected chi connectivity index (χ2v) is 5.73. The lowest BCUT2D eigenvalue weighted by Crippen LogP contribution is -2.03. The molecular weight excluding hydrogens is 332 g/mol. The molecule has 2 aromatic carbocycles. The van der Waals surface area contributed by atoms with Gasteiger partial charge in [-0.1, -0.05) is 24.3 Å². The number of nitriles is 1. The van der Waals surface area contributed by atoms with Crippen LogP contribution in [0.3, 0.4) is 0 Å². The van der Waals surface area contributed by atoms with Crippen molar-refractivity contribution in [1.29, 1.82) is 5.26 Å². The van der Waals surface area contributed by atoms with Crippen molar-refractivity contribution in [3.8, 4) is 6.07 Å². The van der Waals surface area contributed by atoms with Gasteiger partial charge < -0.3 is 10.1 Å². The van der Waals surface area contributed by atoms with Crippen molar-refractivity contribution < 1.29 is 9.66 Å². The van der Waals surface area contributed by atoms with E-state index in [1.165, 1.54) is 12.1 Å². The van der Waals surface area contributed by atoms with Gasteiger partial charge in [-0.25, -0.2) is 4.98 Å². The van der Waals surface area contributed by atoms with Crippen LogP contribution in [0.15, 0.2) is 48.5 Å². The molecule has 1 heterocycles. The average Bonchev–Trinajstić information content (AvgIpc) is 2.65. The SMILES string of the molecule is COCc1cccc(CNc2cc(C#N)c3cc([N+](=O)[O-])ccc3n2)c1. The molecule has 0 fully saturated rings. The van der Waals surface area contributed by atoms with Crippen molar-refractivity contribution in [3.05, 3.63) is 75.3 Å². The molecule has 0 unspecified atom stereocenters. The smallest absolute Gasteiger partial charge is 0.270 e. The molecular formula is C19H16N4O3. The highest BCUT2D eigenvalue weighted by Gasteiger charge is 2.11. The van der Waals surface area contributed by atoms with Gasteiger partial charge in [-0.3, -0.25) is 10.1 Å². The van der Waals surface area contributed by atoms with E-state index < -0.39 is 4.92 Å². The molecule has 3 rings (SSSR count). The number of nitro benzene ring substituents is 1. The van der Waals surface area contributed by atoms with Crippen molar-refractivity contribution in [2.75, 3.05) is 12.4 Å². The maximum atomic E-state index is 10.9. The number of aromatic nitrogens is 1. The van der Waals surface area contributed by atoms with Gasteiger partial charge in [0.15, 0.2) is 0 Å². The number of pyridine rings is 1. The van der Waals surface area contributed by atoms with Crippen LogP contribution in [-0.4, -0.2) is 17.0 Å². The lowest BCUT2D eigenvalue weighted by Gasteiger charge is -2.09. The highest BCUT2D eigenvalue weighted by molar-refractivity contribution is 5.88. The Morgan fingerprint density at radius 2 is 2.04 bits per heavy atom. The minimum Gasteiger partial charge on any atom is -0.380 e. The molecule has 0 aliphatic rings. The molecule has 26 heavy (non-hydrogen) atoms. The first-order chi connectivity index (χ1) is 12.6. The fourth-order valence-corrected chi connectivity index (χ4v) is 2.70. The van der Waals surface area contributed by atoms with Crippen LogP contribution in [-0.2, 0) is 17.9 Å². The van der Waals surface area contributed by atoms with E-state index >= 15 is 0 Å². The number of fused-ring (bicyclic) bond motifs is 1. The first-order valence-electron chi connectivity index (χ1n) is 7.90. The van der Waals surface area contributed by atoms with Crippen LogP contribution in [0.25, 0.3) is 10.9 Å². The molecule has 0 spiro atoms. The highest BCUT2D eigenvalue weighted by Crippen LogP contribution is 2.25. The Bertz CT molecular complexity index is 1010. The number of nitrogens with zero attached hydrogens (tertiary/aromatic N) is 3. The molecule has 0 saturated heterocycles. The van der Waals surface area contributed by atoms with Gasteiger partial charge in [-0.2, -0.15) is 5.26 Å². The molecule has 0 amide bonds. The predicted octanol–water partition coefficient (Wildman–Crippen LogP) is 3.77. The normalized spacial score (nSPS) is 10.5. The van der Waals surface area contributed by atoms with Crippen LogP contribution in [0, 0.1) is 21.4 Å². The summed E-state index contributed by atoms with van der Waals surface area (Å²) in [5.74, 6) is 0.542. The molecule has 0 aliphatic carbocycles. The van der Waals surface area contributed by atoms with Crippen LogP contribution < -0.4 is 5.32 Å². The van der Waals surface area contributed by atoms with Gasteiger partial charge in [-0.05, 0) is 23.3 Å². The summed E-state index contributed by atoms with van der Waals surface area (Å²) in [7, 11) is 1.65. The molecule has 0 atom stereocenters. The van der Waals surface area contributed by atoms with Crippen LogP contribution in [0.1, 0.15) is 16.7 Å². The van der Waals surface area contributed by atoms with Crippen LogP contribution >= 0.6 is 0 Å². The molecule has 130 valence electrons. The number of nitro groups is 1. The number of hydrogen-bond donors (Lipinski definition) is 1. The monoisotopic (exact) mass is 348 g/mol. The Kier molecular flexibility index (Phi) is 5.06. The fraction of sp³-hybridized carbons (Fsp3) is 0.158. The van der Waals surface area contributed by atoms with Gasteiger partial charge in [0.25, 0.3) is 5.69 Å². The fourth-order valence-electron chi connectivity index (χ4n) is 2.70. The largest absolute Gasteiger partial charge is 0.380 e. The van der Waals surface area contributed by atoms with Crippen LogP contribution in [0.5, 0.6) is 0 Å². The Labute approximate surface area is 150 Å². The van der Waals surface area contributed by atoms with Gasteiger partial charge in [-0.15, -0.1) is 0 Å². The zero-order valence-corrected chi connectivity index (χ0v) is 14.1. The van der Waals surface area contributed by atoms with Gasteiger partial charge in [0.1, 0.15) is 5.82 Å². The summed E-state index contributed by atoms with van der Waals surface area (Å²) in [6, 6.07) is 16.0. The predicted molar refractivity (Wildman–Crippen MR) is 97.6 cm³/mol. The second kappa shape index (κ2) is 7.59. The molecule has 1 N–H and O–H groups in total. The molecule has 0 bridgehead atoms. The highest BCUT2D eigenvalue weighted by atomic mass is 16.6. The van der Waals surface area contributed by atoms with E-state index in [0.29, 0.717) is 35.4 Å². The third-order valence-electron chi connectivity index (χ3n) is 3.90. The summed E-state index contributed by atoms with van der Waals surface area (Å²) < 4.78 is 5.13. The number of nitrogens with one attached hydrogen (secondary N) is 1. The first kappa shape index (κ1) is 17.3. The summed E-state index contributed by atoms with van der Waals surface area (Å²) >= 11 is 0. The molecule has 0 radical (unpaired) electrons. The number of ether oxygens (including phenoxy) is 1. The van der Waals surface area contributed by atoms with E-state index in [-0.39, 0.29) is 5.69 Å². The lowest BCUT2D eigenvalue weighted by atomic mass is 10.1. The number of non-ortho nitro benzene ring substituents is 1. The number of rotatable bonds is 6. The average molecular weight is 348 g/mol. The lowest BCUT2D eigenvalue weighted by molar-refractivity contribution is -0.384. The van der Waals surface area contributed by atoms with E-state index in [9.17, 15) is 15.4 Å². The molecule has 1 aromatic heterocycles. The Morgan fingerprint density at radius 1 is 1.23 bits per heavy atom.